The zero-order chi connectivity index (χ0) is 27.9. The van der Waals surface area contributed by atoms with Gasteiger partial charge >= 0.3 is 6.18 Å². The highest BCUT2D eigenvalue weighted by Crippen LogP contribution is 2.41. The van der Waals surface area contributed by atoms with Gasteiger partial charge in [-0.25, -0.2) is 0 Å². The fourth-order valence-corrected chi connectivity index (χ4v) is 4.72. The zero-order valence-electron chi connectivity index (χ0n) is 20.8. The second kappa shape index (κ2) is 10.0. The number of anilines is 1. The van der Waals surface area contributed by atoms with Gasteiger partial charge in [0.05, 0.1) is 30.3 Å². The molecule has 198 valence electrons. The smallest absolute Gasteiger partial charge is 0.416 e. The Morgan fingerprint density at radius 1 is 1.13 bits per heavy atom. The minimum atomic E-state index is -4.66. The molecular weight excluding hydrogens is 533 g/mol. The van der Waals surface area contributed by atoms with Gasteiger partial charge in [0.1, 0.15) is 12.1 Å². The summed E-state index contributed by atoms with van der Waals surface area (Å²) in [5, 5.41) is 17.6. The summed E-state index contributed by atoms with van der Waals surface area (Å²) >= 11 is 5.83. The Morgan fingerprint density at radius 3 is 2.56 bits per heavy atom. The molecule has 39 heavy (non-hydrogen) atoms. The van der Waals surface area contributed by atoms with Gasteiger partial charge in [-0.15, -0.1) is 21.8 Å². The summed E-state index contributed by atoms with van der Waals surface area (Å²) in [5.74, 6) is -0.00466. The molecule has 12 heteroatoms. The lowest BCUT2D eigenvalue weighted by Crippen LogP contribution is -2.24. The quantitative estimate of drug-likeness (QED) is 0.283. The normalized spacial score (nSPS) is 12.9. The monoisotopic (exact) mass is 552 g/mol. The van der Waals surface area contributed by atoms with Crippen molar-refractivity contribution in [1.29, 1.82) is 5.26 Å². The molecule has 0 radical (unpaired) electrons. The summed E-state index contributed by atoms with van der Waals surface area (Å²) in [6.45, 7) is 1.71. The van der Waals surface area contributed by atoms with Gasteiger partial charge in [0.25, 0.3) is 5.91 Å². The van der Waals surface area contributed by atoms with E-state index < -0.39 is 17.6 Å². The topological polar surface area (TPSA) is 96.9 Å². The van der Waals surface area contributed by atoms with Crippen molar-refractivity contribution in [1.82, 2.24) is 19.7 Å². The lowest BCUT2D eigenvalue weighted by Gasteiger charge is -2.19. The molecule has 2 aromatic heterocycles. The highest BCUT2D eigenvalue weighted by atomic mass is 35.5. The van der Waals surface area contributed by atoms with Gasteiger partial charge in [-0.3, -0.25) is 9.69 Å². The number of fused-ring (bicyclic) bond motifs is 1. The van der Waals surface area contributed by atoms with Gasteiger partial charge in [0.2, 0.25) is 5.88 Å². The molecule has 0 fully saturated rings. The summed E-state index contributed by atoms with van der Waals surface area (Å²) in [7, 11) is 1.76. The Bertz CT molecular complexity index is 1640. The lowest BCUT2D eigenvalue weighted by atomic mass is 9.97. The number of hydrogen-bond acceptors (Lipinski definition) is 6. The molecule has 0 saturated carbocycles. The Hall–Kier alpha value is -4.43. The zero-order valence-corrected chi connectivity index (χ0v) is 21.5. The van der Waals surface area contributed by atoms with E-state index in [1.165, 1.54) is 17.3 Å². The summed E-state index contributed by atoms with van der Waals surface area (Å²) in [4.78, 5) is 19.0. The molecule has 0 spiro atoms. The predicted molar refractivity (Wildman–Crippen MR) is 137 cm³/mol. The van der Waals surface area contributed by atoms with Crippen molar-refractivity contribution >= 4 is 23.3 Å². The van der Waals surface area contributed by atoms with E-state index in [1.54, 1.807) is 48.9 Å². The van der Waals surface area contributed by atoms with Gasteiger partial charge in [-0.2, -0.15) is 23.4 Å². The number of pyridine rings is 1. The van der Waals surface area contributed by atoms with Gasteiger partial charge < -0.3 is 9.30 Å². The number of aryl methyl sites for hydroxylation is 1. The van der Waals surface area contributed by atoms with Crippen LogP contribution in [0.15, 0.2) is 48.8 Å². The van der Waals surface area contributed by atoms with E-state index in [9.17, 15) is 23.2 Å². The average Bonchev–Trinajstić information content (AvgIpc) is 3.49. The summed E-state index contributed by atoms with van der Waals surface area (Å²) in [6.07, 6.45) is -3.14. The number of ether oxygens (including phenoxy) is 1. The first-order chi connectivity index (χ1) is 18.6. The van der Waals surface area contributed by atoms with Crippen molar-refractivity contribution in [2.24, 2.45) is 7.05 Å². The first kappa shape index (κ1) is 26.2. The maximum absolute atomic E-state index is 13.9. The molecule has 0 bridgehead atoms. The molecule has 3 heterocycles. The number of aromatic nitrogens is 4. The van der Waals surface area contributed by atoms with Crippen LogP contribution in [0.5, 0.6) is 5.88 Å². The molecule has 1 aliphatic heterocycles. The number of alkyl halides is 4. The molecule has 1 amide bonds. The fourth-order valence-electron chi connectivity index (χ4n) is 4.57. The standard InChI is InChI=1S/C27H20ClF3N6O2/c1-3-39-24-10-17(18-5-4-15(12-32)6-19(18)25-35-33-14-36(25)2)9-23(34-24)37-13-21-20(26(37)38)7-16(11-28)8-22(21)27(29,30)31/h4-10,14H,3,11,13H2,1-2H3. The van der Waals surface area contributed by atoms with Crippen LogP contribution in [0.25, 0.3) is 22.5 Å². The van der Waals surface area contributed by atoms with E-state index in [-0.39, 0.29) is 47.4 Å². The van der Waals surface area contributed by atoms with E-state index in [4.69, 9.17) is 16.3 Å². The summed E-state index contributed by atoms with van der Waals surface area (Å²) in [6, 6.07) is 12.8. The largest absolute Gasteiger partial charge is 0.478 e. The molecule has 5 rings (SSSR count). The molecule has 2 aromatic carbocycles. The number of benzene rings is 2. The van der Waals surface area contributed by atoms with E-state index in [0.717, 1.165) is 6.07 Å². The minimum absolute atomic E-state index is 0.0659. The number of rotatable bonds is 6. The summed E-state index contributed by atoms with van der Waals surface area (Å²) < 4.78 is 49.0. The Kier molecular flexibility index (Phi) is 6.74. The Morgan fingerprint density at radius 2 is 1.92 bits per heavy atom. The number of carbonyl (C=O) groups is 1. The summed E-state index contributed by atoms with van der Waals surface area (Å²) in [5.41, 5.74) is 1.29. The van der Waals surface area contributed by atoms with E-state index in [0.29, 0.717) is 28.1 Å². The lowest BCUT2D eigenvalue weighted by molar-refractivity contribution is -0.138. The van der Waals surface area contributed by atoms with Gasteiger partial charge in [0, 0.05) is 30.1 Å². The maximum atomic E-state index is 13.9. The van der Waals surface area contributed by atoms with E-state index in [1.807, 2.05) is 0 Å². The number of nitrogens with zero attached hydrogens (tertiary/aromatic N) is 6. The van der Waals surface area contributed by atoms with Crippen molar-refractivity contribution in [3.8, 4) is 34.5 Å². The third-order valence-corrected chi connectivity index (χ3v) is 6.64. The van der Waals surface area contributed by atoms with Crippen LogP contribution >= 0.6 is 11.6 Å². The third-order valence-electron chi connectivity index (χ3n) is 6.33. The Labute approximate surface area is 226 Å². The Balaban J connectivity index is 1.66. The van der Waals surface area contributed by atoms with E-state index >= 15 is 0 Å². The maximum Gasteiger partial charge on any atom is 0.416 e. The molecule has 1 aliphatic rings. The number of amides is 1. The third kappa shape index (κ3) is 4.79. The number of carbonyl (C=O) groups excluding carboxylic acids is 1. The number of halogens is 4. The average molecular weight is 553 g/mol. The van der Waals surface area contributed by atoms with Crippen molar-refractivity contribution in [3.05, 3.63) is 76.6 Å². The number of hydrogen-bond donors (Lipinski definition) is 0. The van der Waals surface area contributed by atoms with Crippen LogP contribution < -0.4 is 9.64 Å². The molecular formula is C27H20ClF3N6O2. The van der Waals surface area contributed by atoms with E-state index in [2.05, 4.69) is 21.3 Å². The first-order valence-corrected chi connectivity index (χ1v) is 12.3. The van der Waals surface area contributed by atoms with Crippen LogP contribution in [0, 0.1) is 11.3 Å². The highest BCUT2D eigenvalue weighted by molar-refractivity contribution is 6.17. The van der Waals surface area contributed by atoms with Crippen LogP contribution in [0.2, 0.25) is 0 Å². The molecule has 0 atom stereocenters. The van der Waals surface area contributed by atoms with Crippen molar-refractivity contribution < 1.29 is 22.7 Å². The minimum Gasteiger partial charge on any atom is -0.478 e. The van der Waals surface area contributed by atoms with Gasteiger partial charge in [0.15, 0.2) is 5.82 Å². The SMILES string of the molecule is CCOc1cc(-c2ccc(C#N)cc2-c2nncn2C)cc(N2Cc3c(cc(CCl)cc3C(F)(F)F)C2=O)n1. The van der Waals surface area contributed by atoms with Crippen molar-refractivity contribution in [2.75, 3.05) is 11.5 Å². The molecule has 0 aliphatic carbocycles. The number of nitriles is 1. The van der Waals surface area contributed by atoms with Gasteiger partial charge in [-0.1, -0.05) is 6.07 Å². The van der Waals surface area contributed by atoms with Crippen LogP contribution in [-0.2, 0) is 25.6 Å². The van der Waals surface area contributed by atoms with Crippen LogP contribution in [0.1, 0.15) is 39.5 Å². The fraction of sp³-hybridized carbons (Fsp3) is 0.222. The van der Waals surface area contributed by atoms with Crippen LogP contribution in [-0.4, -0.2) is 32.3 Å². The highest BCUT2D eigenvalue weighted by Gasteiger charge is 2.41. The van der Waals surface area contributed by atoms with Gasteiger partial charge in [-0.05, 0) is 59.5 Å². The molecule has 0 saturated heterocycles. The molecule has 0 N–H and O–H groups in total. The van der Waals surface area contributed by atoms with Crippen molar-refractivity contribution in [2.45, 2.75) is 25.5 Å². The van der Waals surface area contributed by atoms with Crippen LogP contribution in [0.4, 0.5) is 19.0 Å². The first-order valence-electron chi connectivity index (χ1n) is 11.8. The predicted octanol–water partition coefficient (Wildman–Crippen LogP) is 5.73. The molecule has 8 nitrogen and oxygen atoms in total. The van der Waals surface area contributed by atoms with Crippen LogP contribution in [0.3, 0.4) is 0 Å². The molecule has 4 aromatic rings. The second-order valence-electron chi connectivity index (χ2n) is 8.82. The van der Waals surface area contributed by atoms with Crippen molar-refractivity contribution in [3.63, 3.8) is 0 Å². The second-order valence-corrected chi connectivity index (χ2v) is 9.08. The molecule has 0 unspecified atom stereocenters.